The number of benzene rings is 2. The van der Waals surface area contributed by atoms with Crippen molar-refractivity contribution in [3.63, 3.8) is 0 Å². The number of hydrogen-bond acceptors (Lipinski definition) is 3. The van der Waals surface area contributed by atoms with E-state index in [4.69, 9.17) is 11.6 Å². The van der Waals surface area contributed by atoms with E-state index in [1.165, 1.54) is 0 Å². The van der Waals surface area contributed by atoms with E-state index in [1.807, 2.05) is 42.5 Å². The Hall–Kier alpha value is -2.72. The molecule has 1 aliphatic rings. The van der Waals surface area contributed by atoms with Gasteiger partial charge in [-0.05, 0) is 30.0 Å². The maximum atomic E-state index is 12.9. The number of amides is 1. The Morgan fingerprint density at radius 2 is 1.73 bits per heavy atom. The van der Waals surface area contributed by atoms with E-state index >= 15 is 0 Å². The Balaban J connectivity index is 1.80. The van der Waals surface area contributed by atoms with Gasteiger partial charge in [0, 0.05) is 36.9 Å². The zero-order valence-electron chi connectivity index (χ0n) is 14.7. The lowest BCUT2D eigenvalue weighted by Crippen LogP contribution is -2.40. The van der Waals surface area contributed by atoms with Crippen LogP contribution in [-0.2, 0) is 0 Å². The third kappa shape index (κ3) is 3.75. The SMILES string of the molecule is C=NC(Cl)=C1CN(C(=O)c2ccc(-c3ccccc3)cc2)CCC1=NC. The van der Waals surface area contributed by atoms with Gasteiger partial charge >= 0.3 is 0 Å². The van der Waals surface area contributed by atoms with Crippen LogP contribution in [0.3, 0.4) is 0 Å². The summed E-state index contributed by atoms with van der Waals surface area (Å²) in [7, 11) is 1.72. The minimum atomic E-state index is -0.0224. The molecule has 2 aromatic rings. The molecular weight excluding hydrogens is 346 g/mol. The first-order chi connectivity index (χ1) is 12.6. The molecule has 1 fully saturated rings. The van der Waals surface area contributed by atoms with Gasteiger partial charge in [0.1, 0.15) is 5.16 Å². The van der Waals surface area contributed by atoms with Crippen molar-refractivity contribution < 1.29 is 4.79 Å². The van der Waals surface area contributed by atoms with Crippen molar-refractivity contribution >= 4 is 29.9 Å². The van der Waals surface area contributed by atoms with Crippen molar-refractivity contribution in [2.24, 2.45) is 9.98 Å². The quantitative estimate of drug-likeness (QED) is 0.586. The highest BCUT2D eigenvalue weighted by Gasteiger charge is 2.26. The molecule has 4 nitrogen and oxygen atoms in total. The maximum absolute atomic E-state index is 12.9. The zero-order chi connectivity index (χ0) is 18.5. The van der Waals surface area contributed by atoms with Gasteiger partial charge in [-0.25, -0.2) is 0 Å². The van der Waals surface area contributed by atoms with Crippen LogP contribution in [0.25, 0.3) is 11.1 Å². The fourth-order valence-electron chi connectivity index (χ4n) is 3.07. The van der Waals surface area contributed by atoms with Gasteiger partial charge in [-0.15, -0.1) is 0 Å². The smallest absolute Gasteiger partial charge is 0.254 e. The van der Waals surface area contributed by atoms with Gasteiger partial charge in [-0.3, -0.25) is 14.8 Å². The van der Waals surface area contributed by atoms with E-state index in [0.29, 0.717) is 30.2 Å². The maximum Gasteiger partial charge on any atom is 0.254 e. The topological polar surface area (TPSA) is 45.0 Å². The molecule has 0 saturated carbocycles. The average Bonchev–Trinajstić information content (AvgIpc) is 2.73. The van der Waals surface area contributed by atoms with E-state index in [0.717, 1.165) is 22.4 Å². The Bertz CT molecular complexity index is 870. The van der Waals surface area contributed by atoms with Gasteiger partial charge in [0.05, 0.1) is 6.54 Å². The van der Waals surface area contributed by atoms with E-state index < -0.39 is 0 Å². The summed E-state index contributed by atoms with van der Waals surface area (Å²) in [5, 5.41) is 0.308. The molecule has 0 N–H and O–H groups in total. The molecular formula is C21H20ClN3O. The van der Waals surface area contributed by atoms with Crippen LogP contribution in [0.5, 0.6) is 0 Å². The van der Waals surface area contributed by atoms with Crippen LogP contribution in [0.1, 0.15) is 16.8 Å². The second kappa shape index (κ2) is 8.11. The van der Waals surface area contributed by atoms with E-state index in [1.54, 1.807) is 11.9 Å². The minimum absolute atomic E-state index is 0.0224. The fraction of sp³-hybridized carbons (Fsp3) is 0.190. The number of rotatable bonds is 3. The third-order valence-electron chi connectivity index (χ3n) is 4.50. The molecule has 1 heterocycles. The van der Waals surface area contributed by atoms with E-state index in [-0.39, 0.29) is 5.91 Å². The summed E-state index contributed by atoms with van der Waals surface area (Å²) < 4.78 is 0. The van der Waals surface area contributed by atoms with Crippen LogP contribution >= 0.6 is 11.6 Å². The number of hydrogen-bond donors (Lipinski definition) is 0. The lowest BCUT2D eigenvalue weighted by atomic mass is 10.0. The summed E-state index contributed by atoms with van der Waals surface area (Å²) >= 11 is 6.15. The number of halogens is 1. The Morgan fingerprint density at radius 3 is 2.35 bits per heavy atom. The minimum Gasteiger partial charge on any atom is -0.334 e. The molecule has 3 rings (SSSR count). The van der Waals surface area contributed by atoms with Gasteiger partial charge in [-0.2, -0.15) is 0 Å². The molecule has 0 unspecified atom stereocenters. The van der Waals surface area contributed by atoms with E-state index in [2.05, 4.69) is 28.8 Å². The van der Waals surface area contributed by atoms with Gasteiger partial charge in [0.15, 0.2) is 0 Å². The molecule has 1 aliphatic heterocycles. The molecule has 5 heteroatoms. The van der Waals surface area contributed by atoms with Gasteiger partial charge in [0.2, 0.25) is 0 Å². The van der Waals surface area contributed by atoms with Crippen molar-refractivity contribution in [1.29, 1.82) is 0 Å². The van der Waals surface area contributed by atoms with Crippen LogP contribution < -0.4 is 0 Å². The molecule has 2 aromatic carbocycles. The summed E-state index contributed by atoms with van der Waals surface area (Å²) in [4.78, 5) is 22.7. The van der Waals surface area contributed by atoms with Crippen molar-refractivity contribution in [1.82, 2.24) is 4.90 Å². The number of carbonyl (C=O) groups is 1. The highest BCUT2D eigenvalue weighted by atomic mass is 35.5. The number of piperidine rings is 1. The average molecular weight is 366 g/mol. The normalized spacial score (nSPS) is 17.9. The standard InChI is InChI=1S/C21H20ClN3O/c1-23-19-12-13-25(14-18(19)20(22)24-2)21(26)17-10-8-16(9-11-17)15-6-4-3-5-7-15/h3-11H,2,12-14H2,1H3. The molecule has 132 valence electrons. The van der Waals surface area contributed by atoms with Crippen LogP contribution in [0.2, 0.25) is 0 Å². The Morgan fingerprint density at radius 1 is 1.08 bits per heavy atom. The van der Waals surface area contributed by atoms with Crippen molar-refractivity contribution in [3.05, 3.63) is 70.9 Å². The van der Waals surface area contributed by atoms with Crippen molar-refractivity contribution in [2.45, 2.75) is 6.42 Å². The predicted molar refractivity (Wildman–Crippen MR) is 108 cm³/mol. The van der Waals surface area contributed by atoms with Gasteiger partial charge in [-0.1, -0.05) is 54.1 Å². The molecule has 0 radical (unpaired) electrons. The number of carbonyl (C=O) groups excluding carboxylic acids is 1. The molecule has 1 amide bonds. The first-order valence-electron chi connectivity index (χ1n) is 8.40. The van der Waals surface area contributed by atoms with Gasteiger partial charge < -0.3 is 4.90 Å². The molecule has 0 bridgehead atoms. The van der Waals surface area contributed by atoms with Crippen LogP contribution in [0, 0.1) is 0 Å². The highest BCUT2D eigenvalue weighted by Crippen LogP contribution is 2.23. The number of nitrogens with zero attached hydrogens (tertiary/aromatic N) is 3. The summed E-state index contributed by atoms with van der Waals surface area (Å²) in [6.07, 6.45) is 0.658. The molecule has 0 atom stereocenters. The zero-order valence-corrected chi connectivity index (χ0v) is 15.4. The molecule has 1 saturated heterocycles. The molecule has 0 aromatic heterocycles. The van der Waals surface area contributed by atoms with Gasteiger partial charge in [0.25, 0.3) is 5.91 Å². The molecule has 26 heavy (non-hydrogen) atoms. The third-order valence-corrected chi connectivity index (χ3v) is 4.85. The molecule has 0 spiro atoms. The van der Waals surface area contributed by atoms with Crippen LogP contribution in [0.15, 0.2) is 75.3 Å². The highest BCUT2D eigenvalue weighted by molar-refractivity contribution is 6.32. The Labute approximate surface area is 158 Å². The van der Waals surface area contributed by atoms with Crippen LogP contribution in [0.4, 0.5) is 0 Å². The monoisotopic (exact) mass is 365 g/mol. The molecule has 0 aliphatic carbocycles. The lowest BCUT2D eigenvalue weighted by Gasteiger charge is -2.30. The first-order valence-corrected chi connectivity index (χ1v) is 8.78. The number of aliphatic imine (C=N–C) groups is 2. The Kier molecular flexibility index (Phi) is 5.64. The second-order valence-electron chi connectivity index (χ2n) is 6.02. The van der Waals surface area contributed by atoms with Crippen LogP contribution in [-0.4, -0.2) is 43.4 Å². The largest absolute Gasteiger partial charge is 0.334 e. The summed E-state index contributed by atoms with van der Waals surface area (Å²) in [6, 6.07) is 17.8. The van der Waals surface area contributed by atoms with E-state index in [9.17, 15) is 4.79 Å². The summed E-state index contributed by atoms with van der Waals surface area (Å²) in [6.45, 7) is 4.47. The summed E-state index contributed by atoms with van der Waals surface area (Å²) in [5.74, 6) is -0.0224. The van der Waals surface area contributed by atoms with Crippen molar-refractivity contribution in [2.75, 3.05) is 20.1 Å². The second-order valence-corrected chi connectivity index (χ2v) is 6.38. The lowest BCUT2D eigenvalue weighted by molar-refractivity contribution is 0.0770. The van der Waals surface area contributed by atoms with Crippen molar-refractivity contribution in [3.8, 4) is 11.1 Å². The first kappa shape index (κ1) is 18.1. The fourth-order valence-corrected chi connectivity index (χ4v) is 3.24. The number of likely N-dealkylation sites (tertiary alicyclic amines) is 1. The predicted octanol–water partition coefficient (Wildman–Crippen LogP) is 4.42. The summed E-state index contributed by atoms with van der Waals surface area (Å²) in [5.41, 5.74) is 4.52.